The molecule has 0 atom stereocenters. The molecule has 3 rings (SSSR count). The highest BCUT2D eigenvalue weighted by Crippen LogP contribution is 2.30. The van der Waals surface area contributed by atoms with E-state index in [4.69, 9.17) is 9.15 Å². The van der Waals surface area contributed by atoms with Gasteiger partial charge in [-0.15, -0.1) is 23.1 Å². The van der Waals surface area contributed by atoms with E-state index in [9.17, 15) is 4.79 Å². The van der Waals surface area contributed by atoms with E-state index < -0.39 is 0 Å². The molecule has 1 aromatic carbocycles. The Morgan fingerprint density at radius 3 is 2.70 bits per heavy atom. The van der Waals surface area contributed by atoms with Crippen LogP contribution in [0.4, 0.5) is 0 Å². The largest absolute Gasteiger partial charge is 0.497 e. The summed E-state index contributed by atoms with van der Waals surface area (Å²) in [5, 5.41) is 4.96. The van der Waals surface area contributed by atoms with Gasteiger partial charge in [-0.05, 0) is 48.6 Å². The van der Waals surface area contributed by atoms with Crippen LogP contribution in [-0.2, 0) is 17.1 Å². The van der Waals surface area contributed by atoms with Crippen LogP contribution in [0.3, 0.4) is 0 Å². The van der Waals surface area contributed by atoms with Crippen molar-refractivity contribution in [3.63, 3.8) is 0 Å². The van der Waals surface area contributed by atoms with Gasteiger partial charge in [0.05, 0.1) is 23.4 Å². The third-order valence-electron chi connectivity index (χ3n) is 4.07. The van der Waals surface area contributed by atoms with E-state index in [1.54, 1.807) is 18.4 Å². The highest BCUT2D eigenvalue weighted by molar-refractivity contribution is 7.99. The maximum atomic E-state index is 12.1. The van der Waals surface area contributed by atoms with Crippen molar-refractivity contribution in [3.05, 3.63) is 58.3 Å². The minimum atomic E-state index is 0.00582. The summed E-state index contributed by atoms with van der Waals surface area (Å²) in [7, 11) is 1.63. The lowest BCUT2D eigenvalue weighted by Crippen LogP contribution is -2.24. The summed E-state index contributed by atoms with van der Waals surface area (Å²) in [5.74, 6) is 3.32. The van der Waals surface area contributed by atoms with Gasteiger partial charge in [0, 0.05) is 12.3 Å². The van der Waals surface area contributed by atoms with E-state index >= 15 is 0 Å². The first-order chi connectivity index (χ1) is 13.1. The van der Waals surface area contributed by atoms with E-state index in [2.05, 4.69) is 16.4 Å². The number of oxazole rings is 1. The van der Waals surface area contributed by atoms with E-state index in [1.807, 2.05) is 43.5 Å². The van der Waals surface area contributed by atoms with Gasteiger partial charge < -0.3 is 14.5 Å². The van der Waals surface area contributed by atoms with Crippen LogP contribution in [0.1, 0.15) is 22.6 Å². The van der Waals surface area contributed by atoms with E-state index in [0.717, 1.165) is 27.6 Å². The maximum Gasteiger partial charge on any atom is 0.237 e. The number of aryl methyl sites for hydroxylation is 2. The van der Waals surface area contributed by atoms with Gasteiger partial charge in [0.1, 0.15) is 11.5 Å². The van der Waals surface area contributed by atoms with Crippen LogP contribution in [0.25, 0.3) is 10.8 Å². The number of benzene rings is 1. The van der Waals surface area contributed by atoms with Crippen molar-refractivity contribution in [2.24, 2.45) is 0 Å². The number of carbonyl (C=O) groups is 1. The lowest BCUT2D eigenvalue weighted by atomic mass is 10.2. The standard InChI is InChI=1S/C20H22N2O3S2/c1-13-8-9-27-19(13)20-22-17(14(2)25-20)11-26-12-18(23)21-10-15-4-6-16(24-3)7-5-15/h4-9H,10-12H2,1-3H3,(H,21,23). The number of rotatable bonds is 8. The molecule has 0 aliphatic heterocycles. The molecule has 0 unspecified atom stereocenters. The van der Waals surface area contributed by atoms with Gasteiger partial charge >= 0.3 is 0 Å². The normalized spacial score (nSPS) is 10.8. The molecule has 0 aliphatic rings. The Hall–Kier alpha value is -2.25. The van der Waals surface area contributed by atoms with Gasteiger partial charge in [-0.1, -0.05) is 12.1 Å². The summed E-state index contributed by atoms with van der Waals surface area (Å²) < 4.78 is 10.9. The number of nitrogens with one attached hydrogen (secondary N) is 1. The lowest BCUT2D eigenvalue weighted by Gasteiger charge is -2.06. The number of aromatic nitrogens is 1. The second-order valence-electron chi connectivity index (χ2n) is 6.07. The predicted octanol–water partition coefficient (Wildman–Crippen LogP) is 4.58. The maximum absolute atomic E-state index is 12.1. The minimum Gasteiger partial charge on any atom is -0.497 e. The molecule has 1 amide bonds. The summed E-state index contributed by atoms with van der Waals surface area (Å²) >= 11 is 3.16. The molecule has 0 radical (unpaired) electrons. The number of nitrogens with zero attached hydrogens (tertiary/aromatic N) is 1. The number of hydrogen-bond acceptors (Lipinski definition) is 6. The molecule has 5 nitrogen and oxygen atoms in total. The van der Waals surface area contributed by atoms with Crippen molar-refractivity contribution in [3.8, 4) is 16.5 Å². The summed E-state index contributed by atoms with van der Waals surface area (Å²) in [6.07, 6.45) is 0. The SMILES string of the molecule is COc1ccc(CNC(=O)CSCc2nc(-c3sccc3C)oc2C)cc1. The van der Waals surface area contributed by atoms with E-state index in [-0.39, 0.29) is 5.91 Å². The van der Waals surface area contributed by atoms with Crippen molar-refractivity contribution < 1.29 is 13.9 Å². The van der Waals surface area contributed by atoms with E-state index in [1.165, 1.54) is 17.3 Å². The predicted molar refractivity (Wildman–Crippen MR) is 110 cm³/mol. The molecular weight excluding hydrogens is 380 g/mol. The minimum absolute atomic E-state index is 0.00582. The monoisotopic (exact) mass is 402 g/mol. The van der Waals surface area contributed by atoms with Crippen molar-refractivity contribution >= 4 is 29.0 Å². The second kappa shape index (κ2) is 9.10. The fraction of sp³-hybridized carbons (Fsp3) is 0.300. The average Bonchev–Trinajstić information content (AvgIpc) is 3.26. The Labute approximate surface area is 167 Å². The lowest BCUT2D eigenvalue weighted by molar-refractivity contribution is -0.118. The fourth-order valence-corrected chi connectivity index (χ4v) is 4.19. The van der Waals surface area contributed by atoms with E-state index in [0.29, 0.717) is 23.9 Å². The molecule has 0 saturated carbocycles. The Kier molecular flexibility index (Phi) is 6.58. The van der Waals surface area contributed by atoms with Gasteiger partial charge in [0.25, 0.3) is 0 Å². The zero-order valence-corrected chi connectivity index (χ0v) is 17.2. The Morgan fingerprint density at radius 1 is 1.26 bits per heavy atom. The third kappa shape index (κ3) is 5.14. The first kappa shape index (κ1) is 19.5. The van der Waals surface area contributed by atoms with Crippen molar-refractivity contribution in [1.29, 1.82) is 0 Å². The molecule has 0 saturated heterocycles. The Bertz CT molecular complexity index is 900. The highest BCUT2D eigenvalue weighted by Gasteiger charge is 2.14. The molecule has 3 aromatic rings. The van der Waals surface area contributed by atoms with Crippen LogP contribution in [0.2, 0.25) is 0 Å². The average molecular weight is 403 g/mol. The highest BCUT2D eigenvalue weighted by atomic mass is 32.2. The van der Waals surface area contributed by atoms with Crippen LogP contribution in [-0.4, -0.2) is 23.8 Å². The number of carbonyl (C=O) groups excluding carboxylic acids is 1. The van der Waals surface area contributed by atoms with Gasteiger partial charge in [-0.3, -0.25) is 4.79 Å². The fourth-order valence-electron chi connectivity index (χ4n) is 2.49. The van der Waals surface area contributed by atoms with Gasteiger partial charge in [-0.2, -0.15) is 0 Å². The Balaban J connectivity index is 1.46. The summed E-state index contributed by atoms with van der Waals surface area (Å²) in [4.78, 5) is 17.7. The Morgan fingerprint density at radius 2 is 2.04 bits per heavy atom. The molecule has 0 bridgehead atoms. The molecule has 0 fully saturated rings. The van der Waals surface area contributed by atoms with Crippen LogP contribution < -0.4 is 10.1 Å². The van der Waals surface area contributed by atoms with Crippen LogP contribution in [0, 0.1) is 13.8 Å². The number of amides is 1. The zero-order chi connectivity index (χ0) is 19.2. The number of methoxy groups -OCH3 is 1. The first-order valence-corrected chi connectivity index (χ1v) is 10.6. The number of ether oxygens (including phenoxy) is 1. The molecule has 2 heterocycles. The molecule has 1 N–H and O–H groups in total. The molecule has 0 aliphatic carbocycles. The van der Waals surface area contributed by atoms with Crippen LogP contribution in [0.15, 0.2) is 40.1 Å². The molecule has 27 heavy (non-hydrogen) atoms. The number of thioether (sulfide) groups is 1. The van der Waals surface area contributed by atoms with Gasteiger partial charge in [-0.25, -0.2) is 4.98 Å². The molecule has 0 spiro atoms. The van der Waals surface area contributed by atoms with Gasteiger partial charge in [0.15, 0.2) is 0 Å². The van der Waals surface area contributed by atoms with Crippen molar-refractivity contribution in [2.45, 2.75) is 26.1 Å². The number of thiophene rings is 1. The third-order valence-corrected chi connectivity index (χ3v) is 6.02. The van der Waals surface area contributed by atoms with Gasteiger partial charge in [0.2, 0.25) is 11.8 Å². The summed E-state index contributed by atoms with van der Waals surface area (Å²) in [6.45, 7) is 4.47. The van der Waals surface area contributed by atoms with Crippen LogP contribution >= 0.6 is 23.1 Å². The first-order valence-electron chi connectivity index (χ1n) is 8.55. The molecular formula is C20H22N2O3S2. The smallest absolute Gasteiger partial charge is 0.237 e. The molecule has 142 valence electrons. The second-order valence-corrected chi connectivity index (χ2v) is 7.97. The van der Waals surface area contributed by atoms with Crippen molar-refractivity contribution in [2.75, 3.05) is 12.9 Å². The topological polar surface area (TPSA) is 64.4 Å². The zero-order valence-electron chi connectivity index (χ0n) is 15.6. The van der Waals surface area contributed by atoms with Crippen LogP contribution in [0.5, 0.6) is 5.75 Å². The molecule has 2 aromatic heterocycles. The molecule has 7 heteroatoms. The van der Waals surface area contributed by atoms with Crippen molar-refractivity contribution in [1.82, 2.24) is 10.3 Å². The number of hydrogen-bond donors (Lipinski definition) is 1. The summed E-state index contributed by atoms with van der Waals surface area (Å²) in [5.41, 5.74) is 3.10. The summed E-state index contributed by atoms with van der Waals surface area (Å²) in [6, 6.07) is 9.71. The quantitative estimate of drug-likeness (QED) is 0.598.